The molecular formula is C13H26O5. The van der Waals surface area contributed by atoms with Crippen molar-refractivity contribution in [3.05, 3.63) is 0 Å². The number of aliphatic hydroxyl groups excluding tert-OH is 1. The van der Waals surface area contributed by atoms with Gasteiger partial charge in [-0.2, -0.15) is 0 Å². The highest BCUT2D eigenvalue weighted by Crippen LogP contribution is 2.26. The Balaban J connectivity index is 2.30. The smallest absolute Gasteiger partial charge is 0.163 e. The van der Waals surface area contributed by atoms with E-state index in [9.17, 15) is 0 Å². The van der Waals surface area contributed by atoms with Gasteiger partial charge in [-0.1, -0.05) is 0 Å². The molecule has 0 aromatic carbocycles. The molecule has 0 radical (unpaired) electrons. The Labute approximate surface area is 109 Å². The zero-order valence-electron chi connectivity index (χ0n) is 11.7. The minimum Gasteiger partial charge on any atom is -0.396 e. The molecule has 1 aliphatic heterocycles. The number of rotatable bonds is 9. The molecule has 18 heavy (non-hydrogen) atoms. The van der Waals surface area contributed by atoms with Gasteiger partial charge >= 0.3 is 0 Å². The van der Waals surface area contributed by atoms with Crippen molar-refractivity contribution in [2.45, 2.75) is 57.5 Å². The third-order valence-electron chi connectivity index (χ3n) is 2.95. The van der Waals surface area contributed by atoms with Gasteiger partial charge in [0, 0.05) is 20.1 Å². The molecule has 1 N–H and O–H groups in total. The van der Waals surface area contributed by atoms with Gasteiger partial charge in [-0.3, -0.25) is 0 Å². The normalized spacial score (nSPS) is 24.3. The summed E-state index contributed by atoms with van der Waals surface area (Å²) < 4.78 is 21.9. The molecule has 1 saturated heterocycles. The molecule has 1 fully saturated rings. The van der Waals surface area contributed by atoms with E-state index in [-0.39, 0.29) is 18.8 Å². The monoisotopic (exact) mass is 262 g/mol. The number of hydrogen-bond acceptors (Lipinski definition) is 5. The summed E-state index contributed by atoms with van der Waals surface area (Å²) in [6.45, 7) is 4.97. The quantitative estimate of drug-likeness (QED) is 0.506. The van der Waals surface area contributed by atoms with Gasteiger partial charge in [0.1, 0.15) is 6.79 Å². The van der Waals surface area contributed by atoms with Crippen molar-refractivity contribution < 1.29 is 24.1 Å². The zero-order valence-corrected chi connectivity index (χ0v) is 11.7. The summed E-state index contributed by atoms with van der Waals surface area (Å²) in [7, 11) is 1.61. The standard InChI is InChI=1S/C13H26O5/c1-13(2)17-9-12(18-13)8-11(16-10-15-3)6-4-5-7-14/h11-12,14H,4-10H2,1-3H3/t11-,12+/m0/s1. The highest BCUT2D eigenvalue weighted by Gasteiger charge is 2.34. The van der Waals surface area contributed by atoms with E-state index in [1.165, 1.54) is 0 Å². The molecule has 108 valence electrons. The fourth-order valence-corrected chi connectivity index (χ4v) is 2.09. The Morgan fingerprint density at radius 3 is 2.72 bits per heavy atom. The van der Waals surface area contributed by atoms with Gasteiger partial charge < -0.3 is 24.1 Å². The summed E-state index contributed by atoms with van der Waals surface area (Å²) in [5.74, 6) is -0.485. The first kappa shape index (κ1) is 15.9. The summed E-state index contributed by atoms with van der Waals surface area (Å²) in [5.41, 5.74) is 0. The Bertz CT molecular complexity index is 219. The highest BCUT2D eigenvalue weighted by molar-refractivity contribution is 4.74. The lowest BCUT2D eigenvalue weighted by Gasteiger charge is -2.21. The molecule has 5 nitrogen and oxygen atoms in total. The Hall–Kier alpha value is -0.200. The maximum atomic E-state index is 8.80. The first-order chi connectivity index (χ1) is 8.57. The van der Waals surface area contributed by atoms with E-state index < -0.39 is 5.79 Å². The van der Waals surface area contributed by atoms with Crippen LogP contribution in [-0.4, -0.2) is 50.2 Å². The van der Waals surface area contributed by atoms with Crippen molar-refractivity contribution in [2.24, 2.45) is 0 Å². The summed E-state index contributed by atoms with van der Waals surface area (Å²) in [6.07, 6.45) is 3.64. The van der Waals surface area contributed by atoms with Crippen molar-refractivity contribution in [1.82, 2.24) is 0 Å². The van der Waals surface area contributed by atoms with Crippen molar-refractivity contribution in [3.8, 4) is 0 Å². The van der Waals surface area contributed by atoms with Crippen LogP contribution < -0.4 is 0 Å². The SMILES string of the molecule is COCO[C@@H](CCCCO)C[C@@H]1COC(C)(C)O1. The predicted octanol–water partition coefficient (Wildman–Crippen LogP) is 1.68. The molecule has 0 unspecified atom stereocenters. The number of hydrogen-bond donors (Lipinski definition) is 1. The van der Waals surface area contributed by atoms with Crippen molar-refractivity contribution in [1.29, 1.82) is 0 Å². The van der Waals surface area contributed by atoms with E-state index in [2.05, 4.69) is 0 Å². The minimum absolute atomic E-state index is 0.0796. The molecule has 0 saturated carbocycles. The van der Waals surface area contributed by atoms with Crippen LogP contribution in [0.4, 0.5) is 0 Å². The van der Waals surface area contributed by atoms with Crippen LogP contribution in [-0.2, 0) is 18.9 Å². The van der Waals surface area contributed by atoms with Crippen LogP contribution in [0, 0.1) is 0 Å². The van der Waals surface area contributed by atoms with Crippen LogP contribution in [0.25, 0.3) is 0 Å². The van der Waals surface area contributed by atoms with Crippen molar-refractivity contribution >= 4 is 0 Å². The average molecular weight is 262 g/mol. The van der Waals surface area contributed by atoms with E-state index in [0.717, 1.165) is 25.7 Å². The lowest BCUT2D eigenvalue weighted by Crippen LogP contribution is -2.26. The minimum atomic E-state index is -0.485. The van der Waals surface area contributed by atoms with Crippen molar-refractivity contribution in [2.75, 3.05) is 27.1 Å². The molecule has 1 rings (SSSR count). The molecule has 1 aliphatic rings. The Morgan fingerprint density at radius 2 is 2.17 bits per heavy atom. The van der Waals surface area contributed by atoms with E-state index in [0.29, 0.717) is 13.4 Å². The number of ether oxygens (including phenoxy) is 4. The molecule has 0 aromatic rings. The maximum absolute atomic E-state index is 8.80. The molecule has 0 aliphatic carbocycles. The van der Waals surface area contributed by atoms with Crippen LogP contribution >= 0.6 is 0 Å². The van der Waals surface area contributed by atoms with E-state index in [1.807, 2.05) is 13.8 Å². The fraction of sp³-hybridized carbons (Fsp3) is 1.00. The Kier molecular flexibility index (Phi) is 7.11. The van der Waals surface area contributed by atoms with Gasteiger partial charge in [0.25, 0.3) is 0 Å². The van der Waals surface area contributed by atoms with Crippen LogP contribution in [0.15, 0.2) is 0 Å². The van der Waals surface area contributed by atoms with Gasteiger partial charge in [0.15, 0.2) is 5.79 Å². The van der Waals surface area contributed by atoms with Crippen LogP contribution in [0.1, 0.15) is 39.5 Å². The van der Waals surface area contributed by atoms with Crippen LogP contribution in [0.5, 0.6) is 0 Å². The first-order valence-electron chi connectivity index (χ1n) is 6.60. The highest BCUT2D eigenvalue weighted by atomic mass is 16.7. The lowest BCUT2D eigenvalue weighted by molar-refractivity contribution is -0.146. The van der Waals surface area contributed by atoms with E-state index in [1.54, 1.807) is 7.11 Å². The molecule has 0 aromatic heterocycles. The second-order valence-electron chi connectivity index (χ2n) is 5.10. The van der Waals surface area contributed by atoms with Gasteiger partial charge in [-0.05, 0) is 33.1 Å². The largest absolute Gasteiger partial charge is 0.396 e. The molecule has 2 atom stereocenters. The van der Waals surface area contributed by atoms with Gasteiger partial charge in [0.2, 0.25) is 0 Å². The molecule has 0 bridgehead atoms. The molecule has 5 heteroatoms. The number of unbranched alkanes of at least 4 members (excludes halogenated alkanes) is 1. The predicted molar refractivity (Wildman–Crippen MR) is 67.2 cm³/mol. The molecule has 0 spiro atoms. The van der Waals surface area contributed by atoms with Crippen molar-refractivity contribution in [3.63, 3.8) is 0 Å². The third kappa shape index (κ3) is 6.11. The summed E-state index contributed by atoms with van der Waals surface area (Å²) in [5, 5.41) is 8.80. The van der Waals surface area contributed by atoms with E-state index >= 15 is 0 Å². The maximum Gasteiger partial charge on any atom is 0.163 e. The summed E-state index contributed by atoms with van der Waals surface area (Å²) in [6, 6.07) is 0. The molecule has 0 amide bonds. The zero-order chi connectivity index (χ0) is 13.4. The van der Waals surface area contributed by atoms with Crippen LogP contribution in [0.2, 0.25) is 0 Å². The van der Waals surface area contributed by atoms with E-state index in [4.69, 9.17) is 24.1 Å². The van der Waals surface area contributed by atoms with Crippen LogP contribution in [0.3, 0.4) is 0 Å². The van der Waals surface area contributed by atoms with Gasteiger partial charge in [-0.15, -0.1) is 0 Å². The molecular weight excluding hydrogens is 236 g/mol. The second kappa shape index (κ2) is 8.07. The second-order valence-corrected chi connectivity index (χ2v) is 5.10. The molecule has 1 heterocycles. The number of methoxy groups -OCH3 is 1. The summed E-state index contributed by atoms with van der Waals surface area (Å²) in [4.78, 5) is 0. The topological polar surface area (TPSA) is 57.2 Å². The third-order valence-corrected chi connectivity index (χ3v) is 2.95. The lowest BCUT2D eigenvalue weighted by atomic mass is 10.1. The number of aliphatic hydroxyl groups is 1. The summed E-state index contributed by atoms with van der Waals surface area (Å²) >= 11 is 0. The fourth-order valence-electron chi connectivity index (χ4n) is 2.09. The van der Waals surface area contributed by atoms with Gasteiger partial charge in [0.05, 0.1) is 18.8 Å². The van der Waals surface area contributed by atoms with Gasteiger partial charge in [-0.25, -0.2) is 0 Å². The first-order valence-corrected chi connectivity index (χ1v) is 6.60. The average Bonchev–Trinajstić information content (AvgIpc) is 2.65. The Morgan fingerprint density at radius 1 is 1.39 bits per heavy atom.